The van der Waals surface area contributed by atoms with Gasteiger partial charge in [-0.15, -0.1) is 0 Å². The van der Waals surface area contributed by atoms with Crippen LogP contribution in [0.5, 0.6) is 0 Å². The number of hydrogen-bond acceptors (Lipinski definition) is 4. The van der Waals surface area contributed by atoms with Gasteiger partial charge in [-0.25, -0.2) is 9.37 Å². The van der Waals surface area contributed by atoms with Crippen molar-refractivity contribution in [1.82, 2.24) is 9.88 Å². The summed E-state index contributed by atoms with van der Waals surface area (Å²) in [5.41, 5.74) is 4.25. The molecule has 0 aromatic carbocycles. The van der Waals surface area contributed by atoms with Crippen LogP contribution in [0.2, 0.25) is 0 Å². The zero-order valence-electron chi connectivity index (χ0n) is 17.3. The summed E-state index contributed by atoms with van der Waals surface area (Å²) in [6.07, 6.45) is 5.73. The molecule has 0 fully saturated rings. The number of aliphatic imine (C=N–C) groups is 1. The van der Waals surface area contributed by atoms with E-state index in [1.807, 2.05) is 18.0 Å². The highest BCUT2D eigenvalue weighted by Gasteiger charge is 2.38. The van der Waals surface area contributed by atoms with Crippen molar-refractivity contribution in [2.24, 2.45) is 10.4 Å². The van der Waals surface area contributed by atoms with E-state index in [0.29, 0.717) is 22.7 Å². The molecule has 0 saturated carbocycles. The summed E-state index contributed by atoms with van der Waals surface area (Å²) in [4.78, 5) is 10.9. The summed E-state index contributed by atoms with van der Waals surface area (Å²) >= 11 is 0. The van der Waals surface area contributed by atoms with Crippen LogP contribution in [0.25, 0.3) is 18.0 Å². The van der Waals surface area contributed by atoms with Crippen LogP contribution >= 0.6 is 0 Å². The van der Waals surface area contributed by atoms with Crippen LogP contribution in [0.15, 0.2) is 34.9 Å². The number of pyridine rings is 1. The molecule has 2 aliphatic rings. The van der Waals surface area contributed by atoms with Crippen molar-refractivity contribution in [2.45, 2.75) is 47.0 Å². The van der Waals surface area contributed by atoms with Gasteiger partial charge in [0.2, 0.25) is 0 Å². The molecule has 0 amide bonds. The van der Waals surface area contributed by atoms with E-state index in [4.69, 9.17) is 4.98 Å². The molecule has 28 heavy (non-hydrogen) atoms. The fourth-order valence-electron chi connectivity index (χ4n) is 4.26. The number of halogens is 1. The average molecular weight is 381 g/mol. The Hall–Kier alpha value is -2.69. The number of aliphatic hydroxyl groups excluding tert-OH is 1. The lowest BCUT2D eigenvalue weighted by Gasteiger charge is -2.40. The van der Waals surface area contributed by atoms with Crippen molar-refractivity contribution in [3.63, 3.8) is 0 Å². The van der Waals surface area contributed by atoms with Crippen LogP contribution in [-0.4, -0.2) is 28.3 Å². The first-order chi connectivity index (χ1) is 13.1. The molecule has 5 heteroatoms. The molecule has 0 bridgehead atoms. The second kappa shape index (κ2) is 7.04. The van der Waals surface area contributed by atoms with Gasteiger partial charge in [0.15, 0.2) is 0 Å². The Morgan fingerprint density at radius 3 is 2.61 bits per heavy atom. The Kier molecular flexibility index (Phi) is 5.04. The molecule has 2 heterocycles. The summed E-state index contributed by atoms with van der Waals surface area (Å²) in [6, 6.07) is 0. The number of aliphatic hydroxyl groups is 1. The molecule has 1 aromatic heterocycles. The maximum Gasteiger partial charge on any atom is 0.120 e. The first-order valence-corrected chi connectivity index (χ1v) is 9.45. The van der Waals surface area contributed by atoms with Gasteiger partial charge >= 0.3 is 0 Å². The molecule has 148 valence electrons. The second-order valence-corrected chi connectivity index (χ2v) is 8.57. The van der Waals surface area contributed by atoms with Gasteiger partial charge < -0.3 is 10.0 Å². The minimum absolute atomic E-state index is 0.0731. The van der Waals surface area contributed by atoms with E-state index >= 15 is 0 Å². The van der Waals surface area contributed by atoms with Crippen LogP contribution in [0.3, 0.4) is 0 Å². The Balaban J connectivity index is 2.37. The molecule has 0 saturated heterocycles. The van der Waals surface area contributed by atoms with Crippen molar-refractivity contribution in [2.75, 3.05) is 6.54 Å². The minimum Gasteiger partial charge on any atom is -0.512 e. The topological polar surface area (TPSA) is 48.7 Å². The highest BCUT2D eigenvalue weighted by atomic mass is 19.1. The quantitative estimate of drug-likeness (QED) is 0.786. The van der Waals surface area contributed by atoms with Gasteiger partial charge in [0.1, 0.15) is 11.5 Å². The largest absolute Gasteiger partial charge is 0.512 e. The summed E-state index contributed by atoms with van der Waals surface area (Å²) < 4.78 is 14.0. The molecule has 0 radical (unpaired) electrons. The van der Waals surface area contributed by atoms with Gasteiger partial charge in [0, 0.05) is 17.1 Å². The van der Waals surface area contributed by atoms with Crippen LogP contribution in [0.1, 0.15) is 56.9 Å². The Morgan fingerprint density at radius 1 is 1.39 bits per heavy atom. The molecule has 1 aliphatic carbocycles. The van der Waals surface area contributed by atoms with E-state index in [2.05, 4.69) is 39.1 Å². The van der Waals surface area contributed by atoms with Gasteiger partial charge in [-0.2, -0.15) is 0 Å². The minimum atomic E-state index is -0.195. The maximum absolute atomic E-state index is 14.0. The van der Waals surface area contributed by atoms with Gasteiger partial charge in [-0.1, -0.05) is 27.4 Å². The number of allylic oxidation sites excluding steroid dienone is 3. The number of aromatic nitrogens is 1. The smallest absolute Gasteiger partial charge is 0.120 e. The first-order valence-electron chi connectivity index (χ1n) is 9.45. The Bertz CT molecular complexity index is 1040. The maximum atomic E-state index is 14.0. The van der Waals surface area contributed by atoms with Crippen molar-refractivity contribution >= 4 is 24.8 Å². The zero-order valence-corrected chi connectivity index (χ0v) is 17.3. The normalized spacial score (nSPS) is 20.7. The predicted octanol–water partition coefficient (Wildman–Crippen LogP) is 4.07. The lowest BCUT2D eigenvalue weighted by molar-refractivity contribution is 0.292. The van der Waals surface area contributed by atoms with Crippen molar-refractivity contribution in [3.8, 4) is 0 Å². The Morgan fingerprint density at radius 2 is 2.07 bits per heavy atom. The lowest BCUT2D eigenvalue weighted by Crippen LogP contribution is -2.39. The molecule has 1 aromatic rings. The number of hydrogen-bond donors (Lipinski definition) is 1. The third-order valence-corrected chi connectivity index (χ3v) is 5.59. The van der Waals surface area contributed by atoms with E-state index in [-0.39, 0.29) is 29.5 Å². The summed E-state index contributed by atoms with van der Waals surface area (Å²) in [7, 11) is 0. The third-order valence-electron chi connectivity index (χ3n) is 5.59. The summed E-state index contributed by atoms with van der Waals surface area (Å²) in [5, 5.41) is 11.4. The van der Waals surface area contributed by atoms with E-state index in [1.165, 1.54) is 6.08 Å². The Labute approximate surface area is 165 Å². The predicted molar refractivity (Wildman–Crippen MR) is 114 cm³/mol. The average Bonchev–Trinajstić information content (AvgIpc) is 2.59. The second-order valence-electron chi connectivity index (χ2n) is 8.57. The molecule has 0 spiro atoms. The first kappa shape index (κ1) is 20.1. The standard InChI is InChI=1S/C23H28FN3O/c1-13-19(15(3)28)14(2)26-22-20(13)17(23(4,5)6)11-18(21(22)25-7)27-10-8-9-16(24)12-27/h8-10,17,28H,2,7,11-12H2,1,3-6H3. The fraction of sp³-hybridized carbons (Fsp3) is 0.391. The van der Waals surface area contributed by atoms with Crippen LogP contribution in [0.4, 0.5) is 4.39 Å². The van der Waals surface area contributed by atoms with Crippen LogP contribution in [-0.2, 0) is 0 Å². The highest BCUT2D eigenvalue weighted by Crippen LogP contribution is 2.48. The molecule has 3 rings (SSSR count). The molecule has 4 nitrogen and oxygen atoms in total. The van der Waals surface area contributed by atoms with E-state index in [9.17, 15) is 9.50 Å². The molecule has 1 aliphatic heterocycles. The number of rotatable bonds is 2. The fourth-order valence-corrected chi connectivity index (χ4v) is 4.26. The van der Waals surface area contributed by atoms with Crippen molar-refractivity contribution < 1.29 is 9.50 Å². The van der Waals surface area contributed by atoms with Gasteiger partial charge in [0.25, 0.3) is 0 Å². The third kappa shape index (κ3) is 3.30. The van der Waals surface area contributed by atoms with Crippen molar-refractivity contribution in [1.29, 1.82) is 0 Å². The SMILES string of the molecule is C=NC1=C(N2C=CC=C(F)C2)CC(C(C)(C)C)c2c1nc(=C)c(=C(C)O)c2C. The highest BCUT2D eigenvalue weighted by molar-refractivity contribution is 5.74. The lowest BCUT2D eigenvalue weighted by atomic mass is 9.69. The number of fused-ring (bicyclic) bond motifs is 1. The molecular formula is C23H28FN3O. The monoisotopic (exact) mass is 381 g/mol. The summed E-state index contributed by atoms with van der Waals surface area (Å²) in [5.74, 6) is 0.135. The van der Waals surface area contributed by atoms with E-state index in [0.717, 1.165) is 22.5 Å². The molecule has 1 N–H and O–H groups in total. The van der Waals surface area contributed by atoms with E-state index < -0.39 is 0 Å². The van der Waals surface area contributed by atoms with Gasteiger partial charge in [0.05, 0.1) is 23.3 Å². The van der Waals surface area contributed by atoms with Crippen LogP contribution < -0.4 is 10.6 Å². The van der Waals surface area contributed by atoms with E-state index in [1.54, 1.807) is 13.0 Å². The molecule has 1 atom stereocenters. The molecular weight excluding hydrogens is 353 g/mol. The van der Waals surface area contributed by atoms with Crippen LogP contribution in [0, 0.1) is 12.3 Å². The van der Waals surface area contributed by atoms with Crippen molar-refractivity contribution in [3.05, 3.63) is 57.3 Å². The molecule has 1 unspecified atom stereocenters. The number of nitrogens with zero attached hydrogens (tertiary/aromatic N) is 3. The van der Waals surface area contributed by atoms with Gasteiger partial charge in [-0.3, -0.25) is 4.99 Å². The summed E-state index contributed by atoms with van der Waals surface area (Å²) in [6.45, 7) is 18.2. The zero-order chi connectivity index (χ0) is 20.8. The van der Waals surface area contributed by atoms with Gasteiger partial charge in [-0.05, 0) is 61.6 Å².